The van der Waals surface area contributed by atoms with Crippen LogP contribution in [0.5, 0.6) is 34.5 Å². The number of carbonyl (C=O) groups is 1. The van der Waals surface area contributed by atoms with E-state index >= 15 is 0 Å². The maximum atomic E-state index is 11.5. The van der Waals surface area contributed by atoms with Gasteiger partial charge in [0.15, 0.2) is 0 Å². The van der Waals surface area contributed by atoms with Crippen LogP contribution in [-0.4, -0.2) is 11.1 Å². The van der Waals surface area contributed by atoms with Gasteiger partial charge in [-0.2, -0.15) is 0 Å². The monoisotopic (exact) mass is 821 g/mol. The highest BCUT2D eigenvalue weighted by Gasteiger charge is 2.49. The molecule has 0 radical (unpaired) electrons. The summed E-state index contributed by atoms with van der Waals surface area (Å²) in [6.45, 7) is 9.90. The number of aryl methyl sites for hydroxylation is 5. The summed E-state index contributed by atoms with van der Waals surface area (Å²) in [7, 11) is -12.2. The summed E-state index contributed by atoms with van der Waals surface area (Å²) >= 11 is 0. The molecule has 0 fully saturated rings. The van der Waals surface area contributed by atoms with Crippen LogP contribution >= 0.6 is 23.0 Å². The summed E-state index contributed by atoms with van der Waals surface area (Å²) in [5, 5.41) is 9.45. The van der Waals surface area contributed by atoms with Gasteiger partial charge in [-0.25, -0.2) is 0 Å². The Morgan fingerprint density at radius 3 is 0.772 bits per heavy atom. The Balaban J connectivity index is 1.55. The van der Waals surface area contributed by atoms with Crippen LogP contribution in [0.25, 0.3) is 0 Å². The van der Waals surface area contributed by atoms with Crippen molar-refractivity contribution >= 4 is 28.9 Å². The number of carboxylic acids is 1. The van der Waals surface area contributed by atoms with Gasteiger partial charge in [0.25, 0.3) is 0 Å². The molecule has 7 rings (SSSR count). The molecule has 1 heterocycles. The third-order valence-electron chi connectivity index (χ3n) is 8.41. The Kier molecular flexibility index (Phi) is 11.6. The molecule has 6 aromatic rings. The zero-order valence-electron chi connectivity index (χ0n) is 32.1. The van der Waals surface area contributed by atoms with Gasteiger partial charge < -0.3 is 32.2 Å². The second-order valence-electron chi connectivity index (χ2n) is 13.6. The fourth-order valence-electron chi connectivity index (χ4n) is 5.42. The molecule has 1 aliphatic heterocycles. The Morgan fingerprint density at radius 2 is 0.579 bits per heavy atom. The second kappa shape index (κ2) is 16.8. The normalized spacial score (nSPS) is 16.4. The summed E-state index contributed by atoms with van der Waals surface area (Å²) < 4.78 is 57.0. The molecule has 1 unspecified atom stereocenters. The van der Waals surface area contributed by atoms with Crippen LogP contribution in [0, 0.1) is 34.6 Å². The van der Waals surface area contributed by atoms with Gasteiger partial charge in [-0.05, 0) is 113 Å². The number of benzene rings is 6. The highest BCUT2D eigenvalue weighted by molar-refractivity contribution is 7.79. The molecule has 1 atom stereocenters. The lowest BCUT2D eigenvalue weighted by Gasteiger charge is -2.33. The SMILES string of the molecule is Cc1ccc(OP2(Oc3ccc(C)cc3)=NP(Oc3ccc(C)cc3)(Oc3ccc(C)cc3)=NP(Oc3ccc(C)cc3)(Oc3ccc(CC(=O)O)cc3)=N2)cc1. The van der Waals surface area contributed by atoms with Crippen LogP contribution in [0.1, 0.15) is 33.4 Å². The van der Waals surface area contributed by atoms with Gasteiger partial charge in [0.2, 0.25) is 0 Å². The van der Waals surface area contributed by atoms with Crippen LogP contribution in [0.15, 0.2) is 159 Å². The summed E-state index contributed by atoms with van der Waals surface area (Å²) in [6, 6.07) is 43.9. The second-order valence-corrected chi connectivity index (χ2v) is 19.8. The number of hydrogen-bond acceptors (Lipinski definition) is 10. The summed E-state index contributed by atoms with van der Waals surface area (Å²) in [5.74, 6) is 1.43. The first kappa shape index (κ1) is 39.5. The molecule has 0 saturated carbocycles. The van der Waals surface area contributed by atoms with Crippen molar-refractivity contribution in [1.29, 1.82) is 0 Å². The average molecular weight is 822 g/mol. The van der Waals surface area contributed by atoms with Crippen LogP contribution in [0.2, 0.25) is 0 Å². The van der Waals surface area contributed by atoms with E-state index in [1.807, 2.05) is 144 Å². The molecule has 0 aromatic heterocycles. The van der Waals surface area contributed by atoms with Gasteiger partial charge >= 0.3 is 28.9 Å². The lowest BCUT2D eigenvalue weighted by Crippen LogP contribution is -2.11. The van der Waals surface area contributed by atoms with E-state index < -0.39 is 28.9 Å². The van der Waals surface area contributed by atoms with Crippen molar-refractivity contribution in [2.24, 2.45) is 13.5 Å². The summed E-state index contributed by atoms with van der Waals surface area (Å²) in [6.07, 6.45) is -0.166. The molecule has 6 aromatic carbocycles. The molecule has 0 amide bonds. The Bertz CT molecular complexity index is 2320. The van der Waals surface area contributed by atoms with E-state index in [0.717, 1.165) is 27.8 Å². The first-order valence-electron chi connectivity index (χ1n) is 18.1. The topological polar surface area (TPSA) is 130 Å². The molecule has 0 aliphatic carbocycles. The van der Waals surface area contributed by atoms with E-state index in [-0.39, 0.29) is 6.42 Å². The van der Waals surface area contributed by atoms with Crippen LogP contribution in [0.4, 0.5) is 0 Å². The predicted octanol–water partition coefficient (Wildman–Crippen LogP) is 13.5. The van der Waals surface area contributed by atoms with E-state index in [4.69, 9.17) is 40.7 Å². The van der Waals surface area contributed by atoms with Gasteiger partial charge in [0.1, 0.15) is 34.5 Å². The van der Waals surface area contributed by atoms with Crippen molar-refractivity contribution in [3.63, 3.8) is 0 Å². The highest BCUT2D eigenvalue weighted by atomic mass is 31.3. The number of nitrogens with zero attached hydrogens (tertiary/aromatic N) is 3. The van der Waals surface area contributed by atoms with Crippen molar-refractivity contribution in [3.8, 4) is 34.5 Å². The van der Waals surface area contributed by atoms with Gasteiger partial charge in [-0.15, -0.1) is 0 Å². The maximum Gasteiger partial charge on any atom is 0.460 e. The molecule has 57 heavy (non-hydrogen) atoms. The van der Waals surface area contributed by atoms with Crippen molar-refractivity contribution in [2.75, 3.05) is 0 Å². The average Bonchev–Trinajstić information content (AvgIpc) is 3.17. The van der Waals surface area contributed by atoms with Crippen LogP contribution in [-0.2, 0) is 11.2 Å². The van der Waals surface area contributed by atoms with Gasteiger partial charge in [-0.3, -0.25) is 4.79 Å². The van der Waals surface area contributed by atoms with E-state index in [1.165, 1.54) is 0 Å². The van der Waals surface area contributed by atoms with E-state index in [1.54, 1.807) is 36.4 Å². The molecule has 1 aliphatic rings. The van der Waals surface area contributed by atoms with Gasteiger partial charge in [0.05, 0.1) is 6.42 Å². The third kappa shape index (κ3) is 10.4. The fraction of sp³-hybridized carbons (Fsp3) is 0.140. The van der Waals surface area contributed by atoms with E-state index in [9.17, 15) is 9.90 Å². The van der Waals surface area contributed by atoms with Gasteiger partial charge in [0, 0.05) is 0 Å². The smallest absolute Gasteiger partial charge is 0.460 e. The highest BCUT2D eigenvalue weighted by Crippen LogP contribution is 2.78. The van der Waals surface area contributed by atoms with Crippen molar-refractivity contribution in [2.45, 2.75) is 41.0 Å². The molecule has 1 N–H and O–H groups in total. The van der Waals surface area contributed by atoms with E-state index in [0.29, 0.717) is 40.1 Å². The molecular weight excluding hydrogens is 779 g/mol. The molecule has 11 nitrogen and oxygen atoms in total. The largest absolute Gasteiger partial charge is 0.481 e. The minimum absolute atomic E-state index is 0.166. The zero-order chi connectivity index (χ0) is 40.0. The Labute approximate surface area is 333 Å². The molecular formula is C43H42N3O8P3. The quantitative estimate of drug-likeness (QED) is 0.108. The molecule has 0 spiro atoms. The Morgan fingerprint density at radius 1 is 0.386 bits per heavy atom. The minimum atomic E-state index is -4.08. The van der Waals surface area contributed by atoms with Crippen molar-refractivity contribution in [3.05, 3.63) is 179 Å². The van der Waals surface area contributed by atoms with Crippen LogP contribution in [0.3, 0.4) is 0 Å². The summed E-state index contributed by atoms with van der Waals surface area (Å²) in [5.41, 5.74) is 5.67. The van der Waals surface area contributed by atoms with E-state index in [2.05, 4.69) is 0 Å². The lowest BCUT2D eigenvalue weighted by molar-refractivity contribution is -0.136. The summed E-state index contributed by atoms with van der Waals surface area (Å²) in [4.78, 5) is 11.5. The Hall–Kier alpha value is -5.72. The first-order chi connectivity index (χ1) is 27.3. The number of carboxylic acid groups (broad SMARTS) is 1. The van der Waals surface area contributed by atoms with Gasteiger partial charge in [-0.1, -0.05) is 114 Å². The number of hydrogen-bond donors (Lipinski definition) is 1. The third-order valence-corrected chi connectivity index (χ3v) is 16.5. The molecule has 292 valence electrons. The lowest BCUT2D eigenvalue weighted by atomic mass is 10.1. The zero-order valence-corrected chi connectivity index (χ0v) is 34.7. The van der Waals surface area contributed by atoms with Crippen LogP contribution < -0.4 is 27.1 Å². The molecule has 0 bridgehead atoms. The first-order valence-corrected chi connectivity index (χ1v) is 22.7. The molecule has 14 heteroatoms. The standard InChI is InChI=1S/C43H42N3O8P3/c1-31-6-18-37(19-7-31)49-55(50-38-20-8-32(2)9-21-38)44-56(51-39-22-10-33(3)11-23-39,52-40-24-12-34(4)13-25-40)46-57(45-55,53-41-26-14-35(5)15-27-41)54-42-28-16-36(17-29-42)30-43(47)48/h6-29H,30H2,1-5H3,(H,47,48). The number of aliphatic carboxylic acids is 1. The minimum Gasteiger partial charge on any atom is -0.481 e. The van der Waals surface area contributed by atoms with Crippen molar-refractivity contribution < 1.29 is 37.0 Å². The molecule has 0 saturated heterocycles. The van der Waals surface area contributed by atoms with Crippen molar-refractivity contribution in [1.82, 2.24) is 0 Å². The predicted molar refractivity (Wildman–Crippen MR) is 225 cm³/mol. The maximum absolute atomic E-state index is 11.5. The number of rotatable bonds is 14. The fourth-order valence-corrected chi connectivity index (χ4v) is 14.5.